The average Bonchev–Trinajstić information content (AvgIpc) is 3.15. The van der Waals surface area contributed by atoms with E-state index in [4.69, 9.17) is 9.97 Å². The van der Waals surface area contributed by atoms with E-state index in [0.717, 1.165) is 39.1 Å². The van der Waals surface area contributed by atoms with Crippen LogP contribution in [0.1, 0.15) is 12.5 Å². The molecule has 0 aliphatic carbocycles. The van der Waals surface area contributed by atoms with Crippen molar-refractivity contribution in [1.82, 2.24) is 9.97 Å². The summed E-state index contributed by atoms with van der Waals surface area (Å²) in [6, 6.07) is 57.7. The zero-order valence-electron chi connectivity index (χ0n) is 26.0. The van der Waals surface area contributed by atoms with Crippen molar-refractivity contribution in [2.75, 3.05) is 0 Å². The lowest BCUT2D eigenvalue weighted by atomic mass is 9.91. The third kappa shape index (κ3) is 5.46. The SMILES string of the molecule is CC#Cc1ccc(-c2ccc(-c3cccc4c(-c5ccc(-c6nc(-c7ccccc7)nc7ccccc67)cc5)cccc34)cc2)cc1. The Balaban J connectivity index is 1.14. The Morgan fingerprint density at radius 1 is 0.383 bits per heavy atom. The van der Waals surface area contributed by atoms with Crippen molar-refractivity contribution in [2.24, 2.45) is 0 Å². The van der Waals surface area contributed by atoms with Crippen molar-refractivity contribution >= 4 is 21.7 Å². The molecule has 8 aromatic rings. The molecule has 7 aromatic carbocycles. The molecule has 0 unspecified atom stereocenters. The molecule has 0 aliphatic heterocycles. The second kappa shape index (κ2) is 12.2. The summed E-state index contributed by atoms with van der Waals surface area (Å²) in [6.07, 6.45) is 0. The van der Waals surface area contributed by atoms with Crippen LogP contribution in [0.25, 0.3) is 77.7 Å². The quantitative estimate of drug-likeness (QED) is 0.184. The highest BCUT2D eigenvalue weighted by Gasteiger charge is 2.13. The van der Waals surface area contributed by atoms with Crippen molar-refractivity contribution in [3.05, 3.63) is 169 Å². The zero-order chi connectivity index (χ0) is 31.6. The van der Waals surface area contributed by atoms with Crippen molar-refractivity contribution in [1.29, 1.82) is 0 Å². The molecule has 47 heavy (non-hydrogen) atoms. The third-order valence-corrected chi connectivity index (χ3v) is 8.71. The summed E-state index contributed by atoms with van der Waals surface area (Å²) in [4.78, 5) is 9.94. The first kappa shape index (κ1) is 28.2. The van der Waals surface area contributed by atoms with E-state index >= 15 is 0 Å². The van der Waals surface area contributed by atoms with Crippen LogP contribution in [0.15, 0.2) is 164 Å². The molecule has 0 radical (unpaired) electrons. The average molecular weight is 599 g/mol. The van der Waals surface area contributed by atoms with Crippen LogP contribution in [0.2, 0.25) is 0 Å². The highest BCUT2D eigenvalue weighted by Crippen LogP contribution is 2.37. The molecule has 0 aliphatic rings. The predicted octanol–water partition coefficient (Wildman–Crippen LogP) is 11.5. The van der Waals surface area contributed by atoms with Gasteiger partial charge in [-0.15, -0.1) is 5.92 Å². The van der Waals surface area contributed by atoms with Gasteiger partial charge in [-0.2, -0.15) is 0 Å². The van der Waals surface area contributed by atoms with Gasteiger partial charge in [-0.3, -0.25) is 0 Å². The molecule has 0 N–H and O–H groups in total. The van der Waals surface area contributed by atoms with E-state index in [0.29, 0.717) is 0 Å². The number of nitrogens with zero attached hydrogens (tertiary/aromatic N) is 2. The third-order valence-electron chi connectivity index (χ3n) is 8.71. The fourth-order valence-electron chi connectivity index (χ4n) is 6.37. The Hall–Kier alpha value is -6.30. The van der Waals surface area contributed by atoms with Gasteiger partial charge < -0.3 is 0 Å². The molecule has 1 aromatic heterocycles. The second-order valence-corrected chi connectivity index (χ2v) is 11.6. The molecule has 1 heterocycles. The Kier molecular flexibility index (Phi) is 7.34. The highest BCUT2D eigenvalue weighted by molar-refractivity contribution is 6.04. The van der Waals surface area contributed by atoms with Crippen LogP contribution in [0.4, 0.5) is 0 Å². The van der Waals surface area contributed by atoms with Crippen LogP contribution in [0.5, 0.6) is 0 Å². The molecule has 0 bridgehead atoms. The molecule has 0 amide bonds. The van der Waals surface area contributed by atoms with E-state index < -0.39 is 0 Å². The maximum Gasteiger partial charge on any atom is 0.160 e. The lowest BCUT2D eigenvalue weighted by molar-refractivity contribution is 1.23. The number of rotatable bonds is 5. The smallest absolute Gasteiger partial charge is 0.160 e. The minimum Gasteiger partial charge on any atom is -0.228 e. The van der Waals surface area contributed by atoms with E-state index in [2.05, 4.69) is 145 Å². The lowest BCUT2D eigenvalue weighted by Crippen LogP contribution is -1.95. The van der Waals surface area contributed by atoms with E-state index in [1.807, 2.05) is 37.3 Å². The summed E-state index contributed by atoms with van der Waals surface area (Å²) in [6.45, 7) is 1.86. The van der Waals surface area contributed by atoms with Crippen LogP contribution in [-0.2, 0) is 0 Å². The number of benzene rings is 7. The lowest BCUT2D eigenvalue weighted by Gasteiger charge is -2.13. The first-order chi connectivity index (χ1) is 23.2. The molecule has 2 heteroatoms. The van der Waals surface area contributed by atoms with Crippen LogP contribution in [-0.4, -0.2) is 9.97 Å². The van der Waals surface area contributed by atoms with Crippen LogP contribution >= 0.6 is 0 Å². The van der Waals surface area contributed by atoms with Gasteiger partial charge in [-0.05, 0) is 69.3 Å². The van der Waals surface area contributed by atoms with Gasteiger partial charge in [-0.1, -0.05) is 152 Å². The van der Waals surface area contributed by atoms with Gasteiger partial charge in [0.25, 0.3) is 0 Å². The van der Waals surface area contributed by atoms with Crippen LogP contribution in [0.3, 0.4) is 0 Å². The van der Waals surface area contributed by atoms with E-state index in [1.165, 1.54) is 44.2 Å². The molecule has 8 rings (SSSR count). The normalized spacial score (nSPS) is 10.9. The first-order valence-electron chi connectivity index (χ1n) is 15.8. The van der Waals surface area contributed by atoms with Crippen LogP contribution in [0, 0.1) is 11.8 Å². The molecule has 0 saturated heterocycles. The van der Waals surface area contributed by atoms with Gasteiger partial charge in [-0.25, -0.2) is 9.97 Å². The van der Waals surface area contributed by atoms with E-state index in [-0.39, 0.29) is 0 Å². The highest BCUT2D eigenvalue weighted by atomic mass is 14.9. The molecule has 0 atom stereocenters. The minimum atomic E-state index is 0.734. The predicted molar refractivity (Wildman–Crippen MR) is 197 cm³/mol. The number of fused-ring (bicyclic) bond motifs is 2. The summed E-state index contributed by atoms with van der Waals surface area (Å²) < 4.78 is 0. The summed E-state index contributed by atoms with van der Waals surface area (Å²) in [7, 11) is 0. The van der Waals surface area contributed by atoms with Crippen molar-refractivity contribution in [3.63, 3.8) is 0 Å². The minimum absolute atomic E-state index is 0.734. The standard InChI is InChI=1S/C45H30N2/c1-2-10-31-19-21-32(22-20-31)33-23-25-34(26-24-33)38-14-8-17-41-39(15-9-16-40(38)41)35-27-29-36(30-28-35)44-42-13-6-7-18-43(42)46-45(47-44)37-11-4-3-5-12-37/h3-9,11-30H,1H3. The topological polar surface area (TPSA) is 25.8 Å². The fourth-order valence-corrected chi connectivity index (χ4v) is 6.37. The fraction of sp³-hybridized carbons (Fsp3) is 0.0222. The van der Waals surface area contributed by atoms with Crippen molar-refractivity contribution in [3.8, 4) is 67.9 Å². The molecule has 0 spiro atoms. The van der Waals surface area contributed by atoms with Crippen molar-refractivity contribution in [2.45, 2.75) is 6.92 Å². The largest absolute Gasteiger partial charge is 0.228 e. The van der Waals surface area contributed by atoms with Gasteiger partial charge >= 0.3 is 0 Å². The van der Waals surface area contributed by atoms with Gasteiger partial charge in [0, 0.05) is 22.1 Å². The first-order valence-corrected chi connectivity index (χ1v) is 15.8. The Bertz CT molecular complexity index is 2430. The molecule has 0 fully saturated rings. The Morgan fingerprint density at radius 2 is 0.894 bits per heavy atom. The molecule has 0 saturated carbocycles. The summed E-state index contributed by atoms with van der Waals surface area (Å²) in [5.41, 5.74) is 12.2. The van der Waals surface area contributed by atoms with E-state index in [1.54, 1.807) is 0 Å². The molecular formula is C45H30N2. The number of hydrogen-bond donors (Lipinski definition) is 0. The second-order valence-electron chi connectivity index (χ2n) is 11.6. The molecule has 220 valence electrons. The maximum absolute atomic E-state index is 5.06. The Morgan fingerprint density at radius 3 is 1.51 bits per heavy atom. The van der Waals surface area contributed by atoms with Crippen molar-refractivity contribution < 1.29 is 0 Å². The van der Waals surface area contributed by atoms with Crippen LogP contribution < -0.4 is 0 Å². The van der Waals surface area contributed by atoms with Gasteiger partial charge in [0.2, 0.25) is 0 Å². The summed E-state index contributed by atoms with van der Waals surface area (Å²) in [5.74, 6) is 6.82. The maximum atomic E-state index is 5.06. The van der Waals surface area contributed by atoms with Gasteiger partial charge in [0.1, 0.15) is 0 Å². The number of hydrogen-bond acceptors (Lipinski definition) is 2. The zero-order valence-corrected chi connectivity index (χ0v) is 26.0. The van der Waals surface area contributed by atoms with Gasteiger partial charge in [0.05, 0.1) is 11.2 Å². The molecule has 2 nitrogen and oxygen atoms in total. The number of aromatic nitrogens is 2. The monoisotopic (exact) mass is 598 g/mol. The number of para-hydroxylation sites is 1. The summed E-state index contributed by atoms with van der Waals surface area (Å²) >= 11 is 0. The Labute approximate surface area is 275 Å². The van der Waals surface area contributed by atoms with Gasteiger partial charge in [0.15, 0.2) is 5.82 Å². The molecular weight excluding hydrogens is 569 g/mol. The van der Waals surface area contributed by atoms with E-state index in [9.17, 15) is 0 Å². The summed E-state index contributed by atoms with van der Waals surface area (Å²) in [5, 5.41) is 3.51.